The molecule has 0 aliphatic rings. The third-order valence-corrected chi connectivity index (χ3v) is 2.42. The topological polar surface area (TPSA) is 52.6 Å². The lowest BCUT2D eigenvalue weighted by atomic mass is 10.1. The molecule has 0 amide bonds. The first-order valence-corrected chi connectivity index (χ1v) is 6.69. The van der Waals surface area contributed by atoms with Crippen LogP contribution in [0.2, 0.25) is 0 Å². The van der Waals surface area contributed by atoms with Crippen LogP contribution in [0.1, 0.15) is 52.9 Å². The highest BCUT2D eigenvalue weighted by molar-refractivity contribution is 5.91. The van der Waals surface area contributed by atoms with Gasteiger partial charge in [-0.1, -0.05) is 33.6 Å². The van der Waals surface area contributed by atoms with Crippen molar-refractivity contribution in [3.8, 4) is 0 Å². The van der Waals surface area contributed by atoms with Gasteiger partial charge in [0.15, 0.2) is 0 Å². The number of unbranched alkanes of at least 4 members (excludes halogenated alkanes) is 1. The van der Waals surface area contributed by atoms with Gasteiger partial charge in [-0.3, -0.25) is 0 Å². The number of hydrogen-bond donors (Lipinski definition) is 0. The van der Waals surface area contributed by atoms with E-state index in [9.17, 15) is 9.59 Å². The minimum absolute atomic E-state index is 0.0613. The lowest BCUT2D eigenvalue weighted by molar-refractivity contribution is -0.144. The van der Waals surface area contributed by atoms with Crippen molar-refractivity contribution >= 4 is 11.9 Å². The van der Waals surface area contributed by atoms with E-state index in [0.717, 1.165) is 44.3 Å². The van der Waals surface area contributed by atoms with Gasteiger partial charge in [0.1, 0.15) is 6.10 Å². The molecule has 0 radical (unpaired) electrons. The third kappa shape index (κ3) is 8.79. The summed E-state index contributed by atoms with van der Waals surface area (Å²) in [6.45, 7) is 6.35. The fraction of sp³-hybridized carbons (Fsp3) is 0.714. The second kappa shape index (κ2) is 10.8. The van der Waals surface area contributed by atoms with E-state index in [4.69, 9.17) is 9.47 Å². The standard InChI is InChI=1S/C14H24O4/c1-4-7-8-12(6-3)18-14(16)10-9-13(15)17-11-5-2/h9-10,12H,4-8,11H2,1-3H3/b10-9+. The summed E-state index contributed by atoms with van der Waals surface area (Å²) in [7, 11) is 0. The molecule has 1 unspecified atom stereocenters. The Morgan fingerprint density at radius 2 is 1.72 bits per heavy atom. The number of carbonyl (C=O) groups is 2. The predicted octanol–water partition coefficient (Wildman–Crippen LogP) is 3.01. The number of carbonyl (C=O) groups excluding carboxylic acids is 2. The minimum Gasteiger partial charge on any atom is -0.463 e. The maximum absolute atomic E-state index is 11.4. The Balaban J connectivity index is 3.99. The Kier molecular flexibility index (Phi) is 10.0. The molecule has 0 aromatic heterocycles. The molecule has 0 heterocycles. The molecule has 104 valence electrons. The first-order chi connectivity index (χ1) is 8.63. The van der Waals surface area contributed by atoms with E-state index >= 15 is 0 Å². The van der Waals surface area contributed by atoms with Crippen LogP contribution in [-0.2, 0) is 19.1 Å². The van der Waals surface area contributed by atoms with Crippen LogP contribution in [0.4, 0.5) is 0 Å². The van der Waals surface area contributed by atoms with Gasteiger partial charge in [-0.05, 0) is 19.3 Å². The van der Waals surface area contributed by atoms with Gasteiger partial charge < -0.3 is 9.47 Å². The Hall–Kier alpha value is -1.32. The summed E-state index contributed by atoms with van der Waals surface area (Å²) in [6.07, 6.45) is 6.72. The smallest absolute Gasteiger partial charge is 0.331 e. The lowest BCUT2D eigenvalue weighted by Crippen LogP contribution is -2.16. The van der Waals surface area contributed by atoms with Gasteiger partial charge in [-0.2, -0.15) is 0 Å². The van der Waals surface area contributed by atoms with Crippen molar-refractivity contribution in [2.45, 2.75) is 59.0 Å². The average Bonchev–Trinajstić information content (AvgIpc) is 2.38. The highest BCUT2D eigenvalue weighted by Crippen LogP contribution is 2.08. The van der Waals surface area contributed by atoms with Crippen LogP contribution in [0.15, 0.2) is 12.2 Å². The molecule has 4 heteroatoms. The zero-order valence-electron chi connectivity index (χ0n) is 11.6. The van der Waals surface area contributed by atoms with Crippen LogP contribution < -0.4 is 0 Å². The van der Waals surface area contributed by atoms with E-state index in [1.807, 2.05) is 13.8 Å². The fourth-order valence-electron chi connectivity index (χ4n) is 1.37. The maximum Gasteiger partial charge on any atom is 0.331 e. The summed E-state index contributed by atoms with van der Waals surface area (Å²) in [5.74, 6) is -0.984. The molecule has 0 spiro atoms. The molecule has 0 aromatic carbocycles. The van der Waals surface area contributed by atoms with Crippen molar-refractivity contribution < 1.29 is 19.1 Å². The van der Waals surface area contributed by atoms with Crippen molar-refractivity contribution in [3.63, 3.8) is 0 Å². The van der Waals surface area contributed by atoms with E-state index in [2.05, 4.69) is 6.92 Å². The Labute approximate surface area is 109 Å². The quantitative estimate of drug-likeness (QED) is 0.470. The normalized spacial score (nSPS) is 12.4. The van der Waals surface area contributed by atoms with Crippen molar-refractivity contribution in [1.29, 1.82) is 0 Å². The first kappa shape index (κ1) is 16.7. The molecule has 18 heavy (non-hydrogen) atoms. The molecule has 0 fully saturated rings. The Morgan fingerprint density at radius 1 is 1.06 bits per heavy atom. The molecular formula is C14H24O4. The van der Waals surface area contributed by atoms with Gasteiger partial charge in [0, 0.05) is 12.2 Å². The molecule has 1 atom stereocenters. The molecule has 0 aliphatic carbocycles. The molecule has 0 N–H and O–H groups in total. The van der Waals surface area contributed by atoms with Crippen molar-refractivity contribution in [3.05, 3.63) is 12.2 Å². The van der Waals surface area contributed by atoms with E-state index in [1.165, 1.54) is 0 Å². The van der Waals surface area contributed by atoms with Crippen molar-refractivity contribution in [2.75, 3.05) is 6.61 Å². The molecule has 4 nitrogen and oxygen atoms in total. The minimum atomic E-state index is -0.504. The van der Waals surface area contributed by atoms with Crippen LogP contribution in [0.25, 0.3) is 0 Å². The van der Waals surface area contributed by atoms with Gasteiger partial charge in [0.2, 0.25) is 0 Å². The van der Waals surface area contributed by atoms with E-state index in [-0.39, 0.29) is 6.10 Å². The molecular weight excluding hydrogens is 232 g/mol. The molecule has 0 aliphatic heterocycles. The summed E-state index contributed by atoms with van der Waals surface area (Å²) < 4.78 is 10.0. The SMILES string of the molecule is CCCCC(CC)OC(=O)/C=C/C(=O)OCCC. The van der Waals surface area contributed by atoms with Gasteiger partial charge in [-0.15, -0.1) is 0 Å². The van der Waals surface area contributed by atoms with Gasteiger partial charge in [-0.25, -0.2) is 9.59 Å². The van der Waals surface area contributed by atoms with Crippen molar-refractivity contribution in [1.82, 2.24) is 0 Å². The molecule has 0 aromatic rings. The number of hydrogen-bond acceptors (Lipinski definition) is 4. The van der Waals surface area contributed by atoms with Crippen LogP contribution in [0.3, 0.4) is 0 Å². The van der Waals surface area contributed by atoms with Gasteiger partial charge in [0.05, 0.1) is 6.61 Å². The second-order valence-corrected chi connectivity index (χ2v) is 4.11. The van der Waals surface area contributed by atoms with Crippen LogP contribution in [0, 0.1) is 0 Å². The largest absolute Gasteiger partial charge is 0.463 e. The van der Waals surface area contributed by atoms with E-state index in [0.29, 0.717) is 6.61 Å². The van der Waals surface area contributed by atoms with Crippen LogP contribution in [0.5, 0.6) is 0 Å². The Bertz CT molecular complexity index is 271. The summed E-state index contributed by atoms with van der Waals surface area (Å²) in [6, 6.07) is 0. The first-order valence-electron chi connectivity index (χ1n) is 6.69. The highest BCUT2D eigenvalue weighted by Gasteiger charge is 2.10. The number of ether oxygens (including phenoxy) is 2. The maximum atomic E-state index is 11.4. The average molecular weight is 256 g/mol. The van der Waals surface area contributed by atoms with Crippen molar-refractivity contribution in [2.24, 2.45) is 0 Å². The number of esters is 2. The Morgan fingerprint density at radius 3 is 2.28 bits per heavy atom. The molecule has 0 rings (SSSR count). The third-order valence-electron chi connectivity index (χ3n) is 2.42. The monoisotopic (exact) mass is 256 g/mol. The number of rotatable bonds is 9. The van der Waals surface area contributed by atoms with Gasteiger partial charge in [0.25, 0.3) is 0 Å². The van der Waals surface area contributed by atoms with Crippen LogP contribution in [-0.4, -0.2) is 24.6 Å². The highest BCUT2D eigenvalue weighted by atomic mass is 16.5. The van der Waals surface area contributed by atoms with E-state index in [1.54, 1.807) is 0 Å². The van der Waals surface area contributed by atoms with Crippen LogP contribution >= 0.6 is 0 Å². The zero-order valence-corrected chi connectivity index (χ0v) is 11.6. The molecule has 0 saturated heterocycles. The summed E-state index contributed by atoms with van der Waals surface area (Å²) in [4.78, 5) is 22.6. The van der Waals surface area contributed by atoms with Gasteiger partial charge >= 0.3 is 11.9 Å². The predicted molar refractivity (Wildman–Crippen MR) is 70.1 cm³/mol. The summed E-state index contributed by atoms with van der Waals surface area (Å²) in [5, 5.41) is 0. The van der Waals surface area contributed by atoms with E-state index < -0.39 is 11.9 Å². The molecule has 0 saturated carbocycles. The zero-order chi connectivity index (χ0) is 13.8. The summed E-state index contributed by atoms with van der Waals surface area (Å²) >= 11 is 0. The fourth-order valence-corrected chi connectivity index (χ4v) is 1.37. The molecule has 0 bridgehead atoms. The second-order valence-electron chi connectivity index (χ2n) is 4.11. The lowest BCUT2D eigenvalue weighted by Gasteiger charge is -2.14. The summed E-state index contributed by atoms with van der Waals surface area (Å²) in [5.41, 5.74) is 0.